The number of rotatable bonds is 13. The smallest absolute Gasteiger partial charge is 0.328 e. The fourth-order valence-electron chi connectivity index (χ4n) is 5.65. The third kappa shape index (κ3) is 19.3. The molecule has 226 valence electrons. The number of hydrogen-bond donors (Lipinski definition) is 3. The van der Waals surface area contributed by atoms with E-state index in [-0.39, 0.29) is 31.3 Å². The second kappa shape index (κ2) is 19.6. The topological polar surface area (TPSA) is 114 Å². The zero-order chi connectivity index (χ0) is 30.0. The molecule has 0 saturated heterocycles. The van der Waals surface area contributed by atoms with E-state index in [0.717, 1.165) is 30.0 Å². The minimum absolute atomic E-state index is 0.0809. The standard InChI is InChI=1S/C12H20N2O5.C12H22.C7H15N/c1-8(2)19-12(18)10(5-4-9(3)16)14-11(17)6-13-7-15;1-9-4-10-6-11(5-9)8-12(2,3)7-10;1-4-5-6-8-7(2)3/h7-8,10H,4-6H2,1-3H3,(H,13,15)(H,14,17);9-11H,4-8H2,1-3H3;8H,2,4-6H2,1,3H3. The van der Waals surface area contributed by atoms with Gasteiger partial charge in [-0.15, -0.1) is 0 Å². The minimum Gasteiger partial charge on any atom is -0.461 e. The molecule has 0 aromatic heterocycles. The number of carbonyl (C=O) groups excluding carboxylic acids is 4. The number of carbonyl (C=O) groups is 4. The Kier molecular flexibility index (Phi) is 18.4. The van der Waals surface area contributed by atoms with E-state index in [1.54, 1.807) is 20.3 Å². The van der Waals surface area contributed by atoms with Crippen LogP contribution in [0.15, 0.2) is 12.3 Å². The highest BCUT2D eigenvalue weighted by molar-refractivity contribution is 5.87. The Hall–Kier alpha value is -2.38. The van der Waals surface area contributed by atoms with E-state index in [4.69, 9.17) is 4.74 Å². The maximum Gasteiger partial charge on any atom is 0.328 e. The lowest BCUT2D eigenvalue weighted by Gasteiger charge is -2.45. The highest BCUT2D eigenvalue weighted by atomic mass is 16.5. The van der Waals surface area contributed by atoms with Gasteiger partial charge in [-0.3, -0.25) is 9.59 Å². The summed E-state index contributed by atoms with van der Waals surface area (Å²) in [5, 5.41) is 7.76. The van der Waals surface area contributed by atoms with Crippen molar-refractivity contribution in [2.24, 2.45) is 23.2 Å². The molecule has 2 saturated carbocycles. The van der Waals surface area contributed by atoms with Gasteiger partial charge in [-0.2, -0.15) is 0 Å². The number of fused-ring (bicyclic) bond motifs is 2. The molecule has 2 rings (SSSR count). The average molecular weight is 552 g/mol. The average Bonchev–Trinajstić information content (AvgIpc) is 2.79. The van der Waals surface area contributed by atoms with Crippen LogP contribution in [-0.2, 0) is 23.9 Å². The maximum absolute atomic E-state index is 11.7. The summed E-state index contributed by atoms with van der Waals surface area (Å²) < 4.78 is 5.00. The van der Waals surface area contributed by atoms with E-state index in [2.05, 4.69) is 50.2 Å². The number of ether oxygens (including phenoxy) is 1. The fraction of sp³-hybridized carbons (Fsp3) is 0.806. The lowest BCUT2D eigenvalue weighted by Crippen LogP contribution is -2.45. The molecule has 0 aromatic carbocycles. The SMILES string of the molecule is C=C(C)NCCCC.CC(=O)CCC(NC(=O)CNC=O)C(=O)OC(C)C.CC1CC2CC(C1)CC(C)(C)C2. The first-order valence-electron chi connectivity index (χ1n) is 14.7. The molecule has 0 aliphatic heterocycles. The molecule has 3 unspecified atom stereocenters. The number of hydrogen-bond acceptors (Lipinski definition) is 6. The number of nitrogens with one attached hydrogen (secondary N) is 3. The van der Waals surface area contributed by atoms with Gasteiger partial charge < -0.3 is 25.5 Å². The largest absolute Gasteiger partial charge is 0.461 e. The van der Waals surface area contributed by atoms with Crippen LogP contribution in [0.3, 0.4) is 0 Å². The van der Waals surface area contributed by atoms with Crippen LogP contribution in [-0.4, -0.2) is 49.3 Å². The van der Waals surface area contributed by atoms with Crippen LogP contribution in [0.4, 0.5) is 0 Å². The molecule has 0 aromatic rings. The molecular weight excluding hydrogens is 494 g/mol. The first-order chi connectivity index (χ1) is 18.2. The van der Waals surface area contributed by atoms with Crippen molar-refractivity contribution in [3.63, 3.8) is 0 Å². The Morgan fingerprint density at radius 3 is 2.13 bits per heavy atom. The molecule has 3 atom stereocenters. The molecule has 2 fully saturated rings. The summed E-state index contributed by atoms with van der Waals surface area (Å²) in [5.41, 5.74) is 1.73. The number of amides is 2. The Labute approximate surface area is 237 Å². The van der Waals surface area contributed by atoms with Gasteiger partial charge in [0.25, 0.3) is 0 Å². The molecule has 2 aliphatic carbocycles. The van der Waals surface area contributed by atoms with Crippen molar-refractivity contribution in [1.29, 1.82) is 0 Å². The van der Waals surface area contributed by atoms with Gasteiger partial charge in [-0.25, -0.2) is 4.79 Å². The number of ketones is 1. The molecular formula is C31H57N3O5. The fourth-order valence-corrected chi connectivity index (χ4v) is 5.65. The van der Waals surface area contributed by atoms with Crippen molar-refractivity contribution in [2.45, 2.75) is 125 Å². The highest BCUT2D eigenvalue weighted by Crippen LogP contribution is 2.49. The molecule has 3 N–H and O–H groups in total. The van der Waals surface area contributed by atoms with Crippen LogP contribution >= 0.6 is 0 Å². The normalized spacial score (nSPS) is 21.5. The van der Waals surface area contributed by atoms with E-state index in [1.165, 1.54) is 45.4 Å². The lowest BCUT2D eigenvalue weighted by molar-refractivity contribution is -0.151. The minimum atomic E-state index is -0.882. The Balaban J connectivity index is 0.000000611. The van der Waals surface area contributed by atoms with Crippen LogP contribution in [0.5, 0.6) is 0 Å². The Morgan fingerprint density at radius 2 is 1.67 bits per heavy atom. The molecule has 0 radical (unpaired) electrons. The number of esters is 1. The molecule has 8 nitrogen and oxygen atoms in total. The van der Waals surface area contributed by atoms with Crippen molar-refractivity contribution >= 4 is 24.1 Å². The molecule has 2 amide bonds. The highest BCUT2D eigenvalue weighted by Gasteiger charge is 2.38. The summed E-state index contributed by atoms with van der Waals surface area (Å²) in [7, 11) is 0. The molecule has 2 aliphatic rings. The summed E-state index contributed by atoms with van der Waals surface area (Å²) in [5.74, 6) is 1.98. The summed E-state index contributed by atoms with van der Waals surface area (Å²) in [6.07, 6.45) is 10.5. The number of Topliss-reactive ketones (excluding diaryl/α,β-unsaturated/α-hetero) is 1. The first kappa shape index (κ1) is 36.6. The summed E-state index contributed by atoms with van der Waals surface area (Å²) in [6.45, 7) is 20.9. The van der Waals surface area contributed by atoms with Crippen LogP contribution in [0.1, 0.15) is 113 Å². The van der Waals surface area contributed by atoms with Crippen molar-refractivity contribution in [2.75, 3.05) is 13.1 Å². The van der Waals surface area contributed by atoms with Gasteiger partial charge in [0.15, 0.2) is 0 Å². The van der Waals surface area contributed by atoms with E-state index in [9.17, 15) is 19.2 Å². The Morgan fingerprint density at radius 1 is 1.08 bits per heavy atom. The molecule has 0 heterocycles. The van der Waals surface area contributed by atoms with Crippen LogP contribution < -0.4 is 16.0 Å². The van der Waals surface area contributed by atoms with Crippen LogP contribution in [0, 0.1) is 23.2 Å². The summed E-state index contributed by atoms with van der Waals surface area (Å²) in [6, 6.07) is -0.882. The second-order valence-electron chi connectivity index (χ2n) is 12.5. The molecule has 39 heavy (non-hydrogen) atoms. The predicted molar refractivity (Wildman–Crippen MR) is 158 cm³/mol. The molecule has 2 bridgehead atoms. The van der Waals surface area contributed by atoms with Crippen LogP contribution in [0.2, 0.25) is 0 Å². The third-order valence-electron chi connectivity index (χ3n) is 6.88. The van der Waals surface area contributed by atoms with Crippen LogP contribution in [0.25, 0.3) is 0 Å². The molecule has 0 spiro atoms. The zero-order valence-electron chi connectivity index (χ0n) is 26.0. The lowest BCUT2D eigenvalue weighted by atomic mass is 9.60. The van der Waals surface area contributed by atoms with Crippen molar-refractivity contribution in [1.82, 2.24) is 16.0 Å². The number of unbranched alkanes of at least 4 members (excludes halogenated alkanes) is 1. The summed E-state index contributed by atoms with van der Waals surface area (Å²) in [4.78, 5) is 44.1. The van der Waals surface area contributed by atoms with E-state index in [1.807, 2.05) is 6.92 Å². The Bertz CT molecular complexity index is 745. The van der Waals surface area contributed by atoms with Gasteiger partial charge in [-0.1, -0.05) is 40.7 Å². The van der Waals surface area contributed by atoms with E-state index < -0.39 is 17.9 Å². The van der Waals surface area contributed by atoms with Crippen molar-refractivity contribution < 1.29 is 23.9 Å². The van der Waals surface area contributed by atoms with Gasteiger partial charge in [0.05, 0.1) is 12.6 Å². The maximum atomic E-state index is 11.7. The van der Waals surface area contributed by atoms with Crippen molar-refractivity contribution in [3.05, 3.63) is 12.3 Å². The quantitative estimate of drug-likeness (QED) is 0.162. The van der Waals surface area contributed by atoms with E-state index in [0.29, 0.717) is 11.8 Å². The monoisotopic (exact) mass is 551 g/mol. The third-order valence-corrected chi connectivity index (χ3v) is 6.88. The predicted octanol–water partition coefficient (Wildman–Crippen LogP) is 5.31. The number of allylic oxidation sites excluding steroid dienone is 1. The zero-order valence-corrected chi connectivity index (χ0v) is 26.0. The summed E-state index contributed by atoms with van der Waals surface area (Å²) >= 11 is 0. The van der Waals surface area contributed by atoms with E-state index >= 15 is 0 Å². The second-order valence-corrected chi connectivity index (χ2v) is 12.5. The van der Waals surface area contributed by atoms with Gasteiger partial charge >= 0.3 is 5.97 Å². The molecule has 8 heteroatoms. The van der Waals surface area contributed by atoms with Gasteiger partial charge in [0.1, 0.15) is 11.8 Å². The van der Waals surface area contributed by atoms with Crippen molar-refractivity contribution in [3.8, 4) is 0 Å². The first-order valence-corrected chi connectivity index (χ1v) is 14.7. The van der Waals surface area contributed by atoms with Gasteiger partial charge in [-0.05, 0) is 95.8 Å². The van der Waals surface area contributed by atoms with Gasteiger partial charge in [0, 0.05) is 18.7 Å². The van der Waals surface area contributed by atoms with Gasteiger partial charge in [0.2, 0.25) is 12.3 Å².